The van der Waals surface area contributed by atoms with Gasteiger partial charge in [-0.15, -0.1) is 0 Å². The van der Waals surface area contributed by atoms with Gasteiger partial charge in [0.15, 0.2) is 11.5 Å². The zero-order chi connectivity index (χ0) is 19.7. The van der Waals surface area contributed by atoms with E-state index in [0.717, 1.165) is 50.8 Å². The summed E-state index contributed by atoms with van der Waals surface area (Å²) in [6.07, 6.45) is 0.364. The van der Waals surface area contributed by atoms with E-state index < -0.39 is 0 Å². The monoisotopic (exact) mass is 387 g/mol. The first-order valence-corrected chi connectivity index (χ1v) is 10.2. The van der Waals surface area contributed by atoms with Crippen molar-refractivity contribution in [2.24, 2.45) is 11.8 Å². The predicted molar refractivity (Wildman–Crippen MR) is 104 cm³/mol. The quantitative estimate of drug-likeness (QED) is 0.767. The van der Waals surface area contributed by atoms with Gasteiger partial charge in [0.1, 0.15) is 0 Å². The molecule has 152 valence electrons. The molecule has 2 fully saturated rings. The highest BCUT2D eigenvalue weighted by molar-refractivity contribution is 5.89. The second-order valence-electron chi connectivity index (χ2n) is 8.38. The van der Waals surface area contributed by atoms with Crippen LogP contribution in [0, 0.1) is 11.8 Å². The third kappa shape index (κ3) is 4.09. The first-order chi connectivity index (χ1) is 13.5. The summed E-state index contributed by atoms with van der Waals surface area (Å²) in [5, 5.41) is 0. The molecule has 0 radical (unpaired) electrons. The van der Waals surface area contributed by atoms with Crippen LogP contribution in [0.25, 0.3) is 0 Å². The van der Waals surface area contributed by atoms with E-state index in [1.807, 2.05) is 21.9 Å². The molecule has 1 unspecified atom stereocenters. The summed E-state index contributed by atoms with van der Waals surface area (Å²) in [6, 6.07) is 6.06. The molecule has 3 aliphatic rings. The van der Waals surface area contributed by atoms with E-state index in [4.69, 9.17) is 9.47 Å². The number of hydrogen-bond donors (Lipinski definition) is 0. The molecule has 2 amide bonds. The highest BCUT2D eigenvalue weighted by Gasteiger charge is 2.37. The zero-order valence-corrected chi connectivity index (χ0v) is 16.7. The smallest absolute Gasteiger partial charge is 0.231 e. The van der Waals surface area contributed by atoms with Gasteiger partial charge in [-0.25, -0.2) is 0 Å². The van der Waals surface area contributed by atoms with Crippen molar-refractivity contribution in [1.82, 2.24) is 14.7 Å². The van der Waals surface area contributed by atoms with Gasteiger partial charge < -0.3 is 19.3 Å². The van der Waals surface area contributed by atoms with Crippen LogP contribution in [-0.4, -0.2) is 72.6 Å². The molecule has 0 aliphatic carbocycles. The van der Waals surface area contributed by atoms with Gasteiger partial charge in [0.25, 0.3) is 0 Å². The van der Waals surface area contributed by atoms with Gasteiger partial charge in [-0.1, -0.05) is 19.9 Å². The lowest BCUT2D eigenvalue weighted by molar-refractivity contribution is -0.137. The van der Waals surface area contributed by atoms with E-state index in [-0.39, 0.29) is 24.5 Å². The number of fused-ring (bicyclic) bond motifs is 1. The molecule has 7 nitrogen and oxygen atoms in total. The van der Waals surface area contributed by atoms with Crippen LogP contribution in [0.15, 0.2) is 18.2 Å². The van der Waals surface area contributed by atoms with Crippen molar-refractivity contribution in [3.63, 3.8) is 0 Å². The number of likely N-dealkylation sites (tertiary alicyclic amines) is 1. The van der Waals surface area contributed by atoms with Gasteiger partial charge in [-0.2, -0.15) is 0 Å². The van der Waals surface area contributed by atoms with E-state index in [1.54, 1.807) is 0 Å². The average Bonchev–Trinajstić information content (AvgIpc) is 3.28. The molecule has 3 heterocycles. The Hall–Kier alpha value is -2.28. The second kappa shape index (κ2) is 7.99. The van der Waals surface area contributed by atoms with Gasteiger partial charge in [-0.3, -0.25) is 14.5 Å². The van der Waals surface area contributed by atoms with Crippen LogP contribution in [-0.2, 0) is 16.1 Å². The Bertz CT molecular complexity index is 743. The number of benzene rings is 1. The van der Waals surface area contributed by atoms with Crippen LogP contribution in [0.4, 0.5) is 0 Å². The molecule has 2 saturated heterocycles. The summed E-state index contributed by atoms with van der Waals surface area (Å²) in [5.41, 5.74) is 1.19. The van der Waals surface area contributed by atoms with Gasteiger partial charge >= 0.3 is 0 Å². The molecule has 0 bridgehead atoms. The minimum absolute atomic E-state index is 0.119. The minimum atomic E-state index is -0.174. The lowest BCUT2D eigenvalue weighted by Gasteiger charge is -2.36. The van der Waals surface area contributed by atoms with Gasteiger partial charge in [0, 0.05) is 52.2 Å². The molecule has 28 heavy (non-hydrogen) atoms. The maximum atomic E-state index is 12.9. The Morgan fingerprint density at radius 1 is 1.14 bits per heavy atom. The number of ether oxygens (including phenoxy) is 2. The van der Waals surface area contributed by atoms with Gasteiger partial charge in [-0.05, 0) is 23.6 Å². The summed E-state index contributed by atoms with van der Waals surface area (Å²) < 4.78 is 10.8. The number of nitrogens with zero attached hydrogens (tertiary/aromatic N) is 3. The Balaban J connectivity index is 1.27. The number of rotatable bonds is 5. The molecule has 3 aliphatic heterocycles. The third-order valence-electron chi connectivity index (χ3n) is 5.68. The van der Waals surface area contributed by atoms with E-state index in [1.165, 1.54) is 5.56 Å². The fourth-order valence-corrected chi connectivity index (χ4v) is 4.24. The molecule has 0 spiro atoms. The average molecular weight is 387 g/mol. The van der Waals surface area contributed by atoms with Crippen LogP contribution in [0.2, 0.25) is 0 Å². The molecular weight excluding hydrogens is 358 g/mol. The molecule has 1 atom stereocenters. The van der Waals surface area contributed by atoms with Gasteiger partial charge in [0.05, 0.1) is 5.92 Å². The molecule has 1 aromatic carbocycles. The largest absolute Gasteiger partial charge is 0.454 e. The first kappa shape index (κ1) is 19.1. The maximum absolute atomic E-state index is 12.9. The van der Waals surface area contributed by atoms with Crippen molar-refractivity contribution < 1.29 is 19.1 Å². The second-order valence-corrected chi connectivity index (χ2v) is 8.38. The zero-order valence-electron chi connectivity index (χ0n) is 16.7. The Labute approximate surface area is 166 Å². The van der Waals surface area contributed by atoms with Crippen molar-refractivity contribution in [3.8, 4) is 11.5 Å². The molecule has 0 saturated carbocycles. The highest BCUT2D eigenvalue weighted by Crippen LogP contribution is 2.33. The predicted octanol–water partition coefficient (Wildman–Crippen LogP) is 1.56. The van der Waals surface area contributed by atoms with Crippen LogP contribution in [0.5, 0.6) is 11.5 Å². The number of carbonyl (C=O) groups excluding carboxylic acids is 2. The van der Waals surface area contributed by atoms with E-state index >= 15 is 0 Å². The SMILES string of the molecule is CC(C)CN1CC(C(=O)N2CCN(Cc3ccc4c(c3)OCO4)CC2)CC1=O. The maximum Gasteiger partial charge on any atom is 0.231 e. The normalized spacial score (nSPS) is 22.4. The Morgan fingerprint density at radius 2 is 1.89 bits per heavy atom. The molecule has 0 aromatic heterocycles. The summed E-state index contributed by atoms with van der Waals surface area (Å²) in [5.74, 6) is 2.12. The molecule has 7 heteroatoms. The lowest BCUT2D eigenvalue weighted by Crippen LogP contribution is -2.50. The van der Waals surface area contributed by atoms with Gasteiger partial charge in [0.2, 0.25) is 18.6 Å². The van der Waals surface area contributed by atoms with E-state index in [0.29, 0.717) is 18.9 Å². The molecular formula is C21H29N3O4. The van der Waals surface area contributed by atoms with Crippen LogP contribution >= 0.6 is 0 Å². The molecule has 0 N–H and O–H groups in total. The van der Waals surface area contributed by atoms with Crippen molar-refractivity contribution in [3.05, 3.63) is 23.8 Å². The van der Waals surface area contributed by atoms with Crippen molar-refractivity contribution in [1.29, 1.82) is 0 Å². The third-order valence-corrected chi connectivity index (χ3v) is 5.68. The lowest BCUT2D eigenvalue weighted by atomic mass is 10.1. The van der Waals surface area contributed by atoms with E-state index in [2.05, 4.69) is 24.8 Å². The minimum Gasteiger partial charge on any atom is -0.454 e. The fraction of sp³-hybridized carbons (Fsp3) is 0.619. The van der Waals surface area contributed by atoms with Crippen LogP contribution in [0.1, 0.15) is 25.8 Å². The number of piperazine rings is 1. The van der Waals surface area contributed by atoms with E-state index in [9.17, 15) is 9.59 Å². The Kier molecular flexibility index (Phi) is 5.44. The number of amides is 2. The standard InChI is InChI=1S/C21H29N3O4/c1-15(2)11-24-13-17(10-20(24)25)21(26)23-7-5-22(6-8-23)12-16-3-4-18-19(9-16)28-14-27-18/h3-4,9,15,17H,5-8,10-14H2,1-2H3. The summed E-state index contributed by atoms with van der Waals surface area (Å²) in [6.45, 7) is 9.77. The topological polar surface area (TPSA) is 62.3 Å². The molecule has 4 rings (SSSR count). The highest BCUT2D eigenvalue weighted by atomic mass is 16.7. The number of carbonyl (C=O) groups is 2. The van der Waals surface area contributed by atoms with Crippen molar-refractivity contribution in [2.45, 2.75) is 26.8 Å². The summed E-state index contributed by atoms with van der Waals surface area (Å²) in [4.78, 5) is 31.2. The Morgan fingerprint density at radius 3 is 2.64 bits per heavy atom. The van der Waals surface area contributed by atoms with Crippen molar-refractivity contribution in [2.75, 3.05) is 46.1 Å². The van der Waals surface area contributed by atoms with Crippen LogP contribution < -0.4 is 9.47 Å². The fourth-order valence-electron chi connectivity index (χ4n) is 4.24. The van der Waals surface area contributed by atoms with Crippen molar-refractivity contribution >= 4 is 11.8 Å². The summed E-state index contributed by atoms with van der Waals surface area (Å²) in [7, 11) is 0. The number of hydrogen-bond acceptors (Lipinski definition) is 5. The first-order valence-electron chi connectivity index (χ1n) is 10.2. The van der Waals surface area contributed by atoms with Crippen LogP contribution in [0.3, 0.4) is 0 Å². The molecule has 1 aromatic rings. The summed E-state index contributed by atoms with van der Waals surface area (Å²) >= 11 is 0.